The quantitative estimate of drug-likeness (QED) is 0.457. The predicted molar refractivity (Wildman–Crippen MR) is 94.8 cm³/mol. The van der Waals surface area contributed by atoms with Gasteiger partial charge in [-0.1, -0.05) is 24.1 Å². The molecule has 2 aromatic heterocycles. The Labute approximate surface area is 140 Å². The van der Waals surface area contributed by atoms with Crippen molar-refractivity contribution < 1.29 is 4.79 Å². The van der Waals surface area contributed by atoms with Crippen molar-refractivity contribution in [3.05, 3.63) is 65.6 Å². The number of hydrogen-bond acceptors (Lipinski definition) is 3. The number of pyridine rings is 1. The van der Waals surface area contributed by atoms with Crippen molar-refractivity contribution in [2.45, 2.75) is 13.5 Å². The fourth-order valence-corrected chi connectivity index (χ4v) is 2.63. The number of nitrogens with zero attached hydrogens (tertiary/aromatic N) is 3. The van der Waals surface area contributed by atoms with E-state index in [-0.39, 0.29) is 5.91 Å². The van der Waals surface area contributed by atoms with E-state index in [1.807, 2.05) is 31.2 Å². The highest BCUT2D eigenvalue weighted by atomic mass is 16.2. The second kappa shape index (κ2) is 6.80. The highest BCUT2D eigenvalue weighted by Crippen LogP contribution is 2.24. The van der Waals surface area contributed by atoms with Gasteiger partial charge in [-0.15, -0.1) is 6.42 Å². The van der Waals surface area contributed by atoms with Crippen molar-refractivity contribution in [1.82, 2.24) is 15.0 Å². The molecule has 5 heteroatoms. The number of terminal acetylenes is 1. The third-order valence-corrected chi connectivity index (χ3v) is 3.81. The topological polar surface area (TPSA) is 59.3 Å². The van der Waals surface area contributed by atoms with Crippen LogP contribution in [-0.2, 0) is 6.54 Å². The van der Waals surface area contributed by atoms with Gasteiger partial charge in [-0.25, -0.2) is 5.43 Å². The maximum atomic E-state index is 12.0. The van der Waals surface area contributed by atoms with Crippen LogP contribution in [0.5, 0.6) is 0 Å². The zero-order valence-electron chi connectivity index (χ0n) is 13.2. The normalized spacial score (nSPS) is 10.8. The molecule has 1 N–H and O–H groups in total. The summed E-state index contributed by atoms with van der Waals surface area (Å²) in [7, 11) is 0. The Kier molecular flexibility index (Phi) is 4.39. The first kappa shape index (κ1) is 15.5. The molecule has 0 saturated carbocycles. The van der Waals surface area contributed by atoms with Crippen LogP contribution in [0.2, 0.25) is 0 Å². The van der Waals surface area contributed by atoms with Crippen molar-refractivity contribution in [3.63, 3.8) is 0 Å². The lowest BCUT2D eigenvalue weighted by Gasteiger charge is -2.02. The van der Waals surface area contributed by atoms with Crippen molar-refractivity contribution in [2.75, 3.05) is 0 Å². The molecule has 1 aromatic carbocycles. The van der Waals surface area contributed by atoms with E-state index in [2.05, 4.69) is 26.0 Å². The van der Waals surface area contributed by atoms with Gasteiger partial charge in [0.05, 0.1) is 18.3 Å². The van der Waals surface area contributed by atoms with Crippen molar-refractivity contribution in [2.24, 2.45) is 5.10 Å². The molecule has 0 unspecified atom stereocenters. The van der Waals surface area contributed by atoms with Gasteiger partial charge in [0, 0.05) is 34.6 Å². The van der Waals surface area contributed by atoms with Crippen molar-refractivity contribution >= 4 is 23.0 Å². The summed E-state index contributed by atoms with van der Waals surface area (Å²) < 4.78 is 2.06. The summed E-state index contributed by atoms with van der Waals surface area (Å²) in [5.74, 6) is 2.37. The summed E-state index contributed by atoms with van der Waals surface area (Å²) in [5, 5.41) is 5.13. The molecule has 2 heterocycles. The van der Waals surface area contributed by atoms with Crippen LogP contribution >= 0.6 is 0 Å². The smallest absolute Gasteiger partial charge is 0.272 e. The Morgan fingerprint density at radius 2 is 2.21 bits per heavy atom. The van der Waals surface area contributed by atoms with E-state index in [1.54, 1.807) is 24.5 Å². The van der Waals surface area contributed by atoms with Gasteiger partial charge in [0.25, 0.3) is 5.91 Å². The van der Waals surface area contributed by atoms with Gasteiger partial charge in [0.15, 0.2) is 0 Å². The molecule has 0 aliphatic heterocycles. The Morgan fingerprint density at radius 1 is 1.38 bits per heavy atom. The van der Waals surface area contributed by atoms with Crippen LogP contribution < -0.4 is 5.43 Å². The van der Waals surface area contributed by atoms with E-state index in [0.29, 0.717) is 12.1 Å². The van der Waals surface area contributed by atoms with Gasteiger partial charge >= 0.3 is 0 Å². The SMILES string of the molecule is C#CCn1c(C)c(C=NNC(=O)c2cccnc2)c2ccccc21. The zero-order chi connectivity index (χ0) is 16.9. The fraction of sp³-hybridized carbons (Fsp3) is 0.105. The summed E-state index contributed by atoms with van der Waals surface area (Å²) in [6.45, 7) is 2.48. The second-order valence-electron chi connectivity index (χ2n) is 5.25. The highest BCUT2D eigenvalue weighted by Gasteiger charge is 2.11. The maximum Gasteiger partial charge on any atom is 0.272 e. The molecule has 0 aliphatic carbocycles. The van der Waals surface area contributed by atoms with Gasteiger partial charge in [0.2, 0.25) is 0 Å². The predicted octanol–water partition coefficient (Wildman–Crippen LogP) is 2.74. The highest BCUT2D eigenvalue weighted by molar-refractivity contribution is 6.02. The molecule has 0 saturated heterocycles. The number of carbonyl (C=O) groups is 1. The van der Waals surface area contributed by atoms with Crippen LogP contribution in [0, 0.1) is 19.3 Å². The molecule has 0 bridgehead atoms. The number of aromatic nitrogens is 2. The van der Waals surface area contributed by atoms with E-state index < -0.39 is 0 Å². The number of nitrogens with one attached hydrogen (secondary N) is 1. The van der Waals surface area contributed by atoms with E-state index >= 15 is 0 Å². The monoisotopic (exact) mass is 316 g/mol. The lowest BCUT2D eigenvalue weighted by molar-refractivity contribution is 0.0955. The maximum absolute atomic E-state index is 12.0. The Bertz CT molecular complexity index is 949. The van der Waals surface area contributed by atoms with E-state index in [0.717, 1.165) is 22.2 Å². The second-order valence-corrected chi connectivity index (χ2v) is 5.25. The fourth-order valence-electron chi connectivity index (χ4n) is 2.63. The molecular formula is C19H16N4O. The molecule has 1 amide bonds. The molecule has 0 spiro atoms. The van der Waals surface area contributed by atoms with Crippen LogP contribution in [0.4, 0.5) is 0 Å². The average molecular weight is 316 g/mol. The molecule has 24 heavy (non-hydrogen) atoms. The average Bonchev–Trinajstić information content (AvgIpc) is 2.88. The zero-order valence-corrected chi connectivity index (χ0v) is 13.2. The lowest BCUT2D eigenvalue weighted by Crippen LogP contribution is -2.17. The third kappa shape index (κ3) is 2.90. The summed E-state index contributed by atoms with van der Waals surface area (Å²) >= 11 is 0. The lowest BCUT2D eigenvalue weighted by atomic mass is 10.1. The van der Waals surface area contributed by atoms with E-state index in [4.69, 9.17) is 6.42 Å². The van der Waals surface area contributed by atoms with Crippen molar-refractivity contribution in [3.8, 4) is 12.3 Å². The minimum Gasteiger partial charge on any atom is -0.333 e. The molecule has 118 valence electrons. The van der Waals surface area contributed by atoms with Crippen LogP contribution in [0.15, 0.2) is 53.9 Å². The molecule has 3 aromatic rings. The Hall–Kier alpha value is -3.39. The number of hydrogen-bond donors (Lipinski definition) is 1. The number of hydrazone groups is 1. The van der Waals surface area contributed by atoms with E-state index in [1.165, 1.54) is 6.20 Å². The summed E-state index contributed by atoms with van der Waals surface area (Å²) in [6.07, 6.45) is 10.2. The Morgan fingerprint density at radius 3 is 2.96 bits per heavy atom. The van der Waals surface area contributed by atoms with Gasteiger partial charge < -0.3 is 4.57 Å². The first-order valence-corrected chi connectivity index (χ1v) is 7.47. The Balaban J connectivity index is 1.89. The molecular weight excluding hydrogens is 300 g/mol. The number of benzene rings is 1. The summed E-state index contributed by atoms with van der Waals surface area (Å²) in [4.78, 5) is 15.9. The van der Waals surface area contributed by atoms with E-state index in [9.17, 15) is 4.79 Å². The first-order valence-electron chi connectivity index (χ1n) is 7.47. The van der Waals surface area contributed by atoms with Gasteiger partial charge in [-0.05, 0) is 25.1 Å². The number of para-hydroxylation sites is 1. The van der Waals surface area contributed by atoms with Gasteiger partial charge in [-0.2, -0.15) is 5.10 Å². The number of fused-ring (bicyclic) bond motifs is 1. The molecule has 5 nitrogen and oxygen atoms in total. The molecule has 0 radical (unpaired) electrons. The number of amides is 1. The summed E-state index contributed by atoms with van der Waals surface area (Å²) in [6, 6.07) is 11.4. The molecule has 0 atom stereocenters. The minimum atomic E-state index is -0.302. The molecule has 0 fully saturated rings. The standard InChI is InChI=1S/C19H16N4O/c1-3-11-23-14(2)17(16-8-4-5-9-18(16)23)13-21-22-19(24)15-7-6-10-20-12-15/h1,4-10,12-13H,11H2,2H3,(H,22,24). The summed E-state index contributed by atoms with van der Waals surface area (Å²) in [5.41, 5.74) is 5.98. The van der Waals surface area contributed by atoms with Crippen LogP contribution in [0.3, 0.4) is 0 Å². The van der Waals surface area contributed by atoms with Crippen LogP contribution in [0.1, 0.15) is 21.6 Å². The number of rotatable bonds is 4. The van der Waals surface area contributed by atoms with Gasteiger partial charge in [-0.3, -0.25) is 9.78 Å². The molecule has 0 aliphatic rings. The minimum absolute atomic E-state index is 0.302. The van der Waals surface area contributed by atoms with Crippen LogP contribution in [0.25, 0.3) is 10.9 Å². The third-order valence-electron chi connectivity index (χ3n) is 3.81. The van der Waals surface area contributed by atoms with Gasteiger partial charge in [0.1, 0.15) is 0 Å². The molecule has 3 rings (SSSR count). The first-order chi connectivity index (χ1) is 11.7. The van der Waals surface area contributed by atoms with Crippen molar-refractivity contribution in [1.29, 1.82) is 0 Å². The largest absolute Gasteiger partial charge is 0.333 e. The number of carbonyl (C=O) groups excluding carboxylic acids is 1. The van der Waals surface area contributed by atoms with Crippen LogP contribution in [-0.4, -0.2) is 21.7 Å².